The van der Waals surface area contributed by atoms with Crippen molar-refractivity contribution in [2.75, 3.05) is 25.5 Å². The molecular formula is C19H23N3O3S. The molecule has 2 aromatic carbocycles. The second-order valence-corrected chi connectivity index (χ2v) is 9.00. The van der Waals surface area contributed by atoms with Crippen LogP contribution in [0.2, 0.25) is 0 Å². The van der Waals surface area contributed by atoms with Gasteiger partial charge in [0.05, 0.1) is 4.90 Å². The zero-order valence-electron chi connectivity index (χ0n) is 15.1. The average Bonchev–Trinajstić information content (AvgIpc) is 3.04. The lowest BCUT2D eigenvalue weighted by Gasteiger charge is -2.30. The van der Waals surface area contributed by atoms with Gasteiger partial charge in [-0.15, -0.1) is 0 Å². The molecule has 1 aliphatic rings. The van der Waals surface area contributed by atoms with Crippen LogP contribution < -0.4 is 10.6 Å². The number of nitrogens with two attached hydrogens (primary N) is 1. The number of amides is 1. The van der Waals surface area contributed by atoms with Crippen LogP contribution in [0.5, 0.6) is 0 Å². The van der Waals surface area contributed by atoms with Crippen LogP contribution in [0.15, 0.2) is 53.4 Å². The molecule has 2 aromatic rings. The first-order valence-corrected chi connectivity index (χ1v) is 9.81. The Kier molecular flexibility index (Phi) is 4.64. The maximum absolute atomic E-state index is 13.2. The minimum atomic E-state index is -3.57. The van der Waals surface area contributed by atoms with E-state index in [0.29, 0.717) is 18.7 Å². The molecule has 2 N–H and O–H groups in total. The third kappa shape index (κ3) is 3.02. The molecule has 1 unspecified atom stereocenters. The Hall–Kier alpha value is -2.22. The van der Waals surface area contributed by atoms with Crippen LogP contribution in [0.25, 0.3) is 0 Å². The van der Waals surface area contributed by atoms with Crippen molar-refractivity contribution in [2.45, 2.75) is 23.8 Å². The molecule has 0 saturated heterocycles. The molecule has 0 radical (unpaired) electrons. The standard InChI is InChI=1S/C19H23N3O3S/c1-19(20,15-7-5-4-6-8-15)18(23)22-12-11-14-9-10-16(13-17(14)22)26(24,25)21(2)3/h4-10,13H,11-12,20H2,1-3H3. The van der Waals surface area contributed by atoms with Crippen LogP contribution >= 0.6 is 0 Å². The molecule has 1 atom stereocenters. The lowest BCUT2D eigenvalue weighted by Crippen LogP contribution is -2.50. The molecular weight excluding hydrogens is 350 g/mol. The van der Waals surface area contributed by atoms with E-state index in [-0.39, 0.29) is 10.8 Å². The van der Waals surface area contributed by atoms with Crippen molar-refractivity contribution in [3.8, 4) is 0 Å². The minimum absolute atomic E-state index is 0.166. The van der Waals surface area contributed by atoms with Crippen molar-refractivity contribution in [3.05, 3.63) is 59.7 Å². The van der Waals surface area contributed by atoms with Crippen molar-refractivity contribution in [3.63, 3.8) is 0 Å². The van der Waals surface area contributed by atoms with Crippen LogP contribution in [-0.4, -0.2) is 39.3 Å². The molecule has 6 nitrogen and oxygen atoms in total. The summed E-state index contributed by atoms with van der Waals surface area (Å²) in [4.78, 5) is 14.9. The van der Waals surface area contributed by atoms with Gasteiger partial charge in [-0.1, -0.05) is 36.4 Å². The maximum Gasteiger partial charge on any atom is 0.251 e. The average molecular weight is 373 g/mol. The molecule has 138 valence electrons. The van der Waals surface area contributed by atoms with Crippen molar-refractivity contribution in [1.29, 1.82) is 0 Å². The molecule has 7 heteroatoms. The van der Waals surface area contributed by atoms with Gasteiger partial charge >= 0.3 is 0 Å². The molecule has 3 rings (SSSR count). The Morgan fingerprint density at radius 1 is 1.15 bits per heavy atom. The molecule has 0 bridgehead atoms. The number of fused-ring (bicyclic) bond motifs is 1. The Morgan fingerprint density at radius 2 is 1.81 bits per heavy atom. The van der Waals surface area contributed by atoms with Gasteiger partial charge in [-0.3, -0.25) is 4.79 Å². The fourth-order valence-electron chi connectivity index (χ4n) is 3.13. The highest BCUT2D eigenvalue weighted by atomic mass is 32.2. The molecule has 1 aliphatic heterocycles. The number of hydrogen-bond acceptors (Lipinski definition) is 4. The van der Waals surface area contributed by atoms with E-state index in [1.807, 2.05) is 30.3 Å². The quantitative estimate of drug-likeness (QED) is 0.884. The van der Waals surface area contributed by atoms with Gasteiger partial charge in [-0.05, 0) is 36.6 Å². The molecule has 0 fully saturated rings. The van der Waals surface area contributed by atoms with E-state index in [0.717, 1.165) is 15.4 Å². The van der Waals surface area contributed by atoms with Gasteiger partial charge in [-0.2, -0.15) is 0 Å². The van der Waals surface area contributed by atoms with Crippen molar-refractivity contribution in [2.24, 2.45) is 5.73 Å². The number of anilines is 1. The first kappa shape index (κ1) is 18.6. The Bertz CT molecular complexity index is 938. The molecule has 0 aliphatic carbocycles. The van der Waals surface area contributed by atoms with E-state index in [2.05, 4.69) is 0 Å². The number of benzene rings is 2. The Morgan fingerprint density at radius 3 is 2.42 bits per heavy atom. The molecule has 0 spiro atoms. The summed E-state index contributed by atoms with van der Waals surface area (Å²) in [5.41, 5.74) is 7.46. The second kappa shape index (κ2) is 6.50. The van der Waals surface area contributed by atoms with Gasteiger partial charge in [0.2, 0.25) is 10.0 Å². The smallest absolute Gasteiger partial charge is 0.251 e. The van der Waals surface area contributed by atoms with Crippen molar-refractivity contribution >= 4 is 21.6 Å². The van der Waals surface area contributed by atoms with Gasteiger partial charge in [0.25, 0.3) is 5.91 Å². The van der Waals surface area contributed by atoms with Gasteiger partial charge < -0.3 is 10.6 Å². The van der Waals surface area contributed by atoms with Crippen molar-refractivity contribution in [1.82, 2.24) is 4.31 Å². The molecule has 0 aromatic heterocycles. The predicted molar refractivity (Wildman–Crippen MR) is 101 cm³/mol. The lowest BCUT2D eigenvalue weighted by atomic mass is 9.91. The van der Waals surface area contributed by atoms with Crippen LogP contribution in [-0.2, 0) is 26.8 Å². The van der Waals surface area contributed by atoms with Gasteiger partial charge in [0.15, 0.2) is 0 Å². The zero-order valence-corrected chi connectivity index (χ0v) is 16.0. The van der Waals surface area contributed by atoms with E-state index in [4.69, 9.17) is 5.73 Å². The molecule has 1 heterocycles. The third-order valence-electron chi connectivity index (χ3n) is 4.79. The summed E-state index contributed by atoms with van der Waals surface area (Å²) in [5, 5.41) is 0. The van der Waals surface area contributed by atoms with Gasteiger partial charge in [0, 0.05) is 26.3 Å². The van der Waals surface area contributed by atoms with Gasteiger partial charge in [0.1, 0.15) is 5.54 Å². The highest BCUT2D eigenvalue weighted by Crippen LogP contribution is 2.34. The zero-order chi connectivity index (χ0) is 19.1. The molecule has 26 heavy (non-hydrogen) atoms. The van der Waals surface area contributed by atoms with E-state index >= 15 is 0 Å². The number of carbonyl (C=O) groups excluding carboxylic acids is 1. The summed E-state index contributed by atoms with van der Waals surface area (Å²) in [6.45, 7) is 2.17. The number of rotatable bonds is 4. The summed E-state index contributed by atoms with van der Waals surface area (Å²) < 4.78 is 26.0. The number of carbonyl (C=O) groups is 1. The molecule has 0 saturated carbocycles. The summed E-state index contributed by atoms with van der Waals surface area (Å²) >= 11 is 0. The van der Waals surface area contributed by atoms with Crippen LogP contribution in [0.1, 0.15) is 18.1 Å². The SMILES string of the molecule is CN(C)S(=O)(=O)c1ccc2c(c1)N(C(=O)C(C)(N)c1ccccc1)CC2. The topological polar surface area (TPSA) is 83.7 Å². The Balaban J connectivity index is 2.00. The van der Waals surface area contributed by atoms with E-state index in [1.165, 1.54) is 14.1 Å². The predicted octanol–water partition coefficient (Wildman–Crippen LogP) is 1.70. The summed E-state index contributed by atoms with van der Waals surface area (Å²) in [6.07, 6.45) is 0.675. The minimum Gasteiger partial charge on any atom is -0.314 e. The fraction of sp³-hybridized carbons (Fsp3) is 0.316. The van der Waals surface area contributed by atoms with E-state index < -0.39 is 15.6 Å². The first-order chi connectivity index (χ1) is 12.2. The number of hydrogen-bond donors (Lipinski definition) is 1. The van der Waals surface area contributed by atoms with E-state index in [9.17, 15) is 13.2 Å². The third-order valence-corrected chi connectivity index (χ3v) is 6.60. The highest BCUT2D eigenvalue weighted by molar-refractivity contribution is 7.89. The highest BCUT2D eigenvalue weighted by Gasteiger charge is 2.38. The second-order valence-electron chi connectivity index (χ2n) is 6.85. The van der Waals surface area contributed by atoms with Crippen LogP contribution in [0, 0.1) is 0 Å². The number of sulfonamides is 1. The normalized spacial score (nSPS) is 16.4. The van der Waals surface area contributed by atoms with Crippen LogP contribution in [0.4, 0.5) is 5.69 Å². The lowest BCUT2D eigenvalue weighted by molar-refractivity contribution is -0.123. The van der Waals surface area contributed by atoms with E-state index in [1.54, 1.807) is 30.0 Å². The summed E-state index contributed by atoms with van der Waals surface area (Å²) in [5.74, 6) is -0.248. The summed E-state index contributed by atoms with van der Waals surface area (Å²) in [6, 6.07) is 14.1. The largest absolute Gasteiger partial charge is 0.314 e. The van der Waals surface area contributed by atoms with Gasteiger partial charge in [-0.25, -0.2) is 12.7 Å². The first-order valence-electron chi connectivity index (χ1n) is 8.37. The van der Waals surface area contributed by atoms with Crippen molar-refractivity contribution < 1.29 is 13.2 Å². The fourth-order valence-corrected chi connectivity index (χ4v) is 4.05. The molecule has 1 amide bonds. The summed E-state index contributed by atoms with van der Waals surface area (Å²) in [7, 11) is -0.603. The number of nitrogens with zero attached hydrogens (tertiary/aromatic N) is 2. The maximum atomic E-state index is 13.2. The monoisotopic (exact) mass is 373 g/mol. The Labute approximate surface area is 154 Å². The van der Waals surface area contributed by atoms with Crippen LogP contribution in [0.3, 0.4) is 0 Å².